The number of hydrogen-bond donors (Lipinski definition) is 5. The molecule has 1 amide bonds. The van der Waals surface area contributed by atoms with Gasteiger partial charge in [-0.05, 0) is 116 Å². The zero-order chi connectivity index (χ0) is 51.2. The molecule has 0 saturated carbocycles. The van der Waals surface area contributed by atoms with E-state index in [0.29, 0.717) is 85.9 Å². The van der Waals surface area contributed by atoms with Crippen molar-refractivity contribution in [1.29, 1.82) is 0 Å². The van der Waals surface area contributed by atoms with Crippen LogP contribution in [0.15, 0.2) is 109 Å². The van der Waals surface area contributed by atoms with Gasteiger partial charge in [0.2, 0.25) is 11.6 Å². The number of unbranched alkanes of at least 4 members (excludes halogenated alkanes) is 5. The van der Waals surface area contributed by atoms with Crippen molar-refractivity contribution in [3.8, 4) is 0 Å². The summed E-state index contributed by atoms with van der Waals surface area (Å²) in [6.45, 7) is 11.9. The van der Waals surface area contributed by atoms with E-state index in [2.05, 4.69) is 34.2 Å². The lowest BCUT2D eigenvalue weighted by Gasteiger charge is -2.27. The van der Waals surface area contributed by atoms with Crippen LogP contribution in [0.3, 0.4) is 0 Å². The number of hydrogen-bond acceptors (Lipinski definition) is 13. The molecule has 2 aliphatic heterocycles. The van der Waals surface area contributed by atoms with Crippen LogP contribution in [0.5, 0.6) is 0 Å². The number of allylic oxidation sites excluding steroid dienone is 6. The fraction of sp³-hybridized carbons (Fsp3) is 0.404. The second kappa shape index (κ2) is 22.1. The Labute approximate surface area is 411 Å². The number of anilines is 1. The SMILES string of the molecule is CC[N+]1=C(/C=C/C=C/C=C2\N(CCCCCC(=O)NCCCCCCN=[N+]=[N-])c3ccc4c(S(=O)(=O)O)cc(S(=O)(=O)O)cc4c3C2(C)C)C(C)(C)c2c1ccc1c(SOOO)cc(S(=O)(=O)O)cc21. The summed E-state index contributed by atoms with van der Waals surface area (Å²) in [6, 6.07) is 11.5. The monoisotopic (exact) mass is 1040 g/mol. The number of carbonyl (C=O) groups is 1. The van der Waals surface area contributed by atoms with E-state index >= 15 is 0 Å². The van der Waals surface area contributed by atoms with Crippen LogP contribution >= 0.6 is 12.0 Å². The van der Waals surface area contributed by atoms with Crippen molar-refractivity contribution in [1.82, 2.24) is 5.32 Å². The fourth-order valence-electron chi connectivity index (χ4n) is 9.60. The van der Waals surface area contributed by atoms with E-state index in [0.717, 1.165) is 54.4 Å². The number of nitrogens with zero attached hydrogens (tertiary/aromatic N) is 5. The quantitative estimate of drug-likeness (QED) is 0.00441. The molecule has 0 aliphatic carbocycles. The van der Waals surface area contributed by atoms with Crippen molar-refractivity contribution < 1.29 is 62.9 Å². The molecule has 0 bridgehead atoms. The molecule has 0 fully saturated rings. The second-order valence-corrected chi connectivity index (χ2v) is 22.9. The number of nitrogens with one attached hydrogen (secondary N) is 1. The second-order valence-electron chi connectivity index (χ2n) is 18.0. The lowest BCUT2D eigenvalue weighted by atomic mass is 9.79. The van der Waals surface area contributed by atoms with Crippen LogP contribution in [0.25, 0.3) is 32.0 Å². The Morgan fingerprint density at radius 1 is 0.800 bits per heavy atom. The number of fused-ring (bicyclic) bond motifs is 6. The Hall–Kier alpha value is -5.17. The molecular formula is C47H57N6O13S4+. The minimum absolute atomic E-state index is 0.0471. The van der Waals surface area contributed by atoms with Gasteiger partial charge < -0.3 is 10.2 Å². The average Bonchev–Trinajstić information content (AvgIpc) is 3.65. The normalized spacial score (nSPS) is 16.2. The summed E-state index contributed by atoms with van der Waals surface area (Å²) in [5.74, 6) is -0.0471. The third-order valence-corrected chi connectivity index (χ3v) is 15.9. The molecule has 70 heavy (non-hydrogen) atoms. The predicted octanol–water partition coefficient (Wildman–Crippen LogP) is 9.90. The minimum Gasteiger partial charge on any atom is -0.356 e. The highest BCUT2D eigenvalue weighted by atomic mass is 32.2. The van der Waals surface area contributed by atoms with Crippen LogP contribution in [-0.4, -0.2) is 86.5 Å². The van der Waals surface area contributed by atoms with Crippen molar-refractivity contribution >= 4 is 86.9 Å². The molecule has 23 heteroatoms. The van der Waals surface area contributed by atoms with Gasteiger partial charge in [0.25, 0.3) is 30.4 Å². The summed E-state index contributed by atoms with van der Waals surface area (Å²) in [5, 5.41) is 20.5. The van der Waals surface area contributed by atoms with E-state index in [1.165, 1.54) is 24.3 Å². The predicted molar refractivity (Wildman–Crippen MR) is 267 cm³/mol. The molecule has 0 atom stereocenters. The van der Waals surface area contributed by atoms with Crippen LogP contribution in [0.1, 0.15) is 97.1 Å². The van der Waals surface area contributed by atoms with Gasteiger partial charge >= 0.3 is 0 Å². The summed E-state index contributed by atoms with van der Waals surface area (Å²) in [5.41, 5.74) is 11.3. The van der Waals surface area contributed by atoms with Gasteiger partial charge in [-0.2, -0.15) is 29.8 Å². The van der Waals surface area contributed by atoms with Gasteiger partial charge in [0.05, 0.1) is 27.2 Å². The number of benzene rings is 4. The van der Waals surface area contributed by atoms with Gasteiger partial charge in [-0.25, -0.2) is 5.26 Å². The van der Waals surface area contributed by atoms with E-state index < -0.39 is 51.0 Å². The first kappa shape index (κ1) is 54.2. The molecule has 0 saturated heterocycles. The Morgan fingerprint density at radius 2 is 1.46 bits per heavy atom. The van der Waals surface area contributed by atoms with E-state index in [4.69, 9.17) is 10.8 Å². The van der Waals surface area contributed by atoms with Crippen LogP contribution < -0.4 is 10.2 Å². The van der Waals surface area contributed by atoms with Crippen molar-refractivity contribution in [2.24, 2.45) is 5.11 Å². The van der Waals surface area contributed by atoms with Crippen molar-refractivity contribution in [3.63, 3.8) is 0 Å². The van der Waals surface area contributed by atoms with Crippen molar-refractivity contribution in [2.75, 3.05) is 31.1 Å². The molecule has 5 N–H and O–H groups in total. The van der Waals surface area contributed by atoms with Gasteiger partial charge in [-0.1, -0.05) is 67.6 Å². The van der Waals surface area contributed by atoms with Gasteiger partial charge in [-0.3, -0.25) is 18.5 Å². The van der Waals surface area contributed by atoms with Crippen LogP contribution in [0.4, 0.5) is 11.4 Å². The Bertz CT molecular complexity index is 3220. The highest BCUT2D eigenvalue weighted by molar-refractivity contribution is 7.94. The summed E-state index contributed by atoms with van der Waals surface area (Å²) in [6.07, 6.45) is 15.2. The molecule has 0 unspecified atom stereocenters. The lowest BCUT2D eigenvalue weighted by Crippen LogP contribution is -2.27. The first-order valence-electron chi connectivity index (χ1n) is 22.5. The Morgan fingerprint density at radius 3 is 2.11 bits per heavy atom. The first-order chi connectivity index (χ1) is 33.0. The molecule has 4 aromatic rings. The molecule has 0 spiro atoms. The Balaban J connectivity index is 1.30. The topological polar surface area (TPSA) is 286 Å². The molecule has 6 rings (SSSR count). The van der Waals surface area contributed by atoms with E-state index in [1.807, 2.05) is 71.1 Å². The third-order valence-electron chi connectivity index (χ3n) is 12.7. The molecule has 0 aromatic heterocycles. The standard InChI is InChI=1S/C47H56N6O13S4/c1-6-52-37-22-20-33-35(27-31(68(56,57)58)29-39(33)67-66-65-55)44(37)46(2,3)41(52)17-11-9-12-18-42-47(4,5)45-36-28-32(69(59,60)61)30-40(70(62,63)64)34(36)21-23-38(45)53(42)26-16-10-13-19-43(54)49-24-14-7-8-15-25-50-51-48/h9,11-12,17-18,20-23,27-30H,6-8,10,13-16,19,24-26H2,1-5H3,(H4-,49,54,55,56,57,58,59,60,61,62,63,64)/p+1. The number of carbonyl (C=O) groups excluding carboxylic acids is 1. The largest absolute Gasteiger partial charge is 0.356 e. The number of azide groups is 1. The summed E-state index contributed by atoms with van der Waals surface area (Å²) in [4.78, 5) is 16.0. The molecular weight excluding hydrogens is 985 g/mol. The molecule has 2 aliphatic rings. The maximum absolute atomic E-state index is 12.6. The molecule has 376 valence electrons. The van der Waals surface area contributed by atoms with Gasteiger partial charge in [-0.15, -0.1) is 4.33 Å². The third kappa shape index (κ3) is 11.8. The molecule has 2 heterocycles. The minimum atomic E-state index is -4.95. The first-order valence-corrected chi connectivity index (χ1v) is 27.6. The van der Waals surface area contributed by atoms with E-state index in [-0.39, 0.29) is 26.5 Å². The Kier molecular flexibility index (Phi) is 17.1. The lowest BCUT2D eigenvalue weighted by molar-refractivity contribution is -0.433. The maximum atomic E-state index is 12.6. The summed E-state index contributed by atoms with van der Waals surface area (Å²) >= 11 is 0.583. The summed E-state index contributed by atoms with van der Waals surface area (Å²) < 4.78 is 112. The van der Waals surface area contributed by atoms with Crippen LogP contribution in [0, 0.1) is 0 Å². The average molecular weight is 1040 g/mol. The summed E-state index contributed by atoms with van der Waals surface area (Å²) in [7, 11) is -14.5. The van der Waals surface area contributed by atoms with Crippen LogP contribution in [-0.2, 0) is 55.4 Å². The number of rotatable bonds is 23. The van der Waals surface area contributed by atoms with E-state index in [1.54, 1.807) is 12.1 Å². The van der Waals surface area contributed by atoms with Crippen molar-refractivity contribution in [3.05, 3.63) is 106 Å². The van der Waals surface area contributed by atoms with E-state index in [9.17, 15) is 43.7 Å². The zero-order valence-corrected chi connectivity index (χ0v) is 42.6. The number of amides is 1. The van der Waals surface area contributed by atoms with Gasteiger partial charge in [0, 0.05) is 75.8 Å². The van der Waals surface area contributed by atoms with Crippen LogP contribution in [0.2, 0.25) is 0 Å². The maximum Gasteiger partial charge on any atom is 0.295 e. The van der Waals surface area contributed by atoms with Crippen molar-refractivity contribution in [2.45, 2.75) is 116 Å². The van der Waals surface area contributed by atoms with Gasteiger partial charge in [0.1, 0.15) is 11.4 Å². The molecule has 19 nitrogen and oxygen atoms in total. The highest BCUT2D eigenvalue weighted by Crippen LogP contribution is 2.52. The zero-order valence-electron chi connectivity index (χ0n) is 39.3. The molecule has 4 aromatic carbocycles. The smallest absolute Gasteiger partial charge is 0.295 e. The highest BCUT2D eigenvalue weighted by Gasteiger charge is 2.46. The molecule has 0 radical (unpaired) electrons. The van der Waals surface area contributed by atoms with Gasteiger partial charge in [0.15, 0.2) is 5.71 Å². The fourth-order valence-corrected chi connectivity index (χ4v) is 12.1.